The maximum Gasteiger partial charge on any atom is 0.314 e. The van der Waals surface area contributed by atoms with E-state index in [2.05, 4.69) is 18.8 Å². The minimum absolute atomic E-state index is 0.0435. The second-order valence-electron chi connectivity index (χ2n) is 7.28. The van der Waals surface area contributed by atoms with Gasteiger partial charge in [-0.25, -0.2) is 0 Å². The number of ether oxygens (including phenoxy) is 2. The van der Waals surface area contributed by atoms with Crippen molar-refractivity contribution in [3.63, 3.8) is 0 Å². The predicted molar refractivity (Wildman–Crippen MR) is 111 cm³/mol. The van der Waals surface area contributed by atoms with Gasteiger partial charge in [0.05, 0.1) is 12.5 Å². The van der Waals surface area contributed by atoms with Crippen LogP contribution in [0.5, 0.6) is 11.5 Å². The third-order valence-electron chi connectivity index (χ3n) is 5.35. The molecule has 1 fully saturated rings. The molecule has 3 heteroatoms. The minimum atomic E-state index is -0.0947. The molecule has 3 rings (SSSR count). The van der Waals surface area contributed by atoms with E-state index in [0.29, 0.717) is 12.4 Å². The molecule has 0 saturated heterocycles. The van der Waals surface area contributed by atoms with Gasteiger partial charge < -0.3 is 9.47 Å². The van der Waals surface area contributed by atoms with Crippen molar-refractivity contribution in [1.82, 2.24) is 0 Å². The SMILES string of the molecule is CCOc1ccc(C#Cc2ccc(OC(=O)C3CCC(CC)CC3)cc2)cc1. The fourth-order valence-corrected chi connectivity index (χ4v) is 3.56. The minimum Gasteiger partial charge on any atom is -0.494 e. The Hall–Kier alpha value is -2.73. The van der Waals surface area contributed by atoms with Crippen LogP contribution in [0.25, 0.3) is 0 Å². The number of rotatable bonds is 5. The van der Waals surface area contributed by atoms with Crippen LogP contribution >= 0.6 is 0 Å². The highest BCUT2D eigenvalue weighted by Gasteiger charge is 2.26. The van der Waals surface area contributed by atoms with Gasteiger partial charge in [0.2, 0.25) is 0 Å². The highest BCUT2D eigenvalue weighted by molar-refractivity contribution is 5.75. The monoisotopic (exact) mass is 376 g/mol. The van der Waals surface area contributed by atoms with E-state index in [-0.39, 0.29) is 11.9 Å². The molecule has 0 atom stereocenters. The second-order valence-corrected chi connectivity index (χ2v) is 7.28. The molecular formula is C25H28O3. The van der Waals surface area contributed by atoms with Crippen molar-refractivity contribution in [3.05, 3.63) is 59.7 Å². The summed E-state index contributed by atoms with van der Waals surface area (Å²) in [6.07, 6.45) is 5.37. The molecule has 0 radical (unpaired) electrons. The lowest BCUT2D eigenvalue weighted by atomic mass is 9.81. The molecule has 1 aliphatic rings. The Bertz CT molecular complexity index is 817. The Balaban J connectivity index is 1.54. The van der Waals surface area contributed by atoms with Crippen molar-refractivity contribution in [2.75, 3.05) is 6.61 Å². The van der Waals surface area contributed by atoms with Gasteiger partial charge in [-0.2, -0.15) is 0 Å². The fourth-order valence-electron chi connectivity index (χ4n) is 3.56. The van der Waals surface area contributed by atoms with E-state index in [9.17, 15) is 4.79 Å². The van der Waals surface area contributed by atoms with Crippen LogP contribution in [0.2, 0.25) is 0 Å². The highest BCUT2D eigenvalue weighted by atomic mass is 16.5. The summed E-state index contributed by atoms with van der Waals surface area (Å²) in [5.74, 6) is 8.44. The first kappa shape index (κ1) is 20.0. The third-order valence-corrected chi connectivity index (χ3v) is 5.35. The van der Waals surface area contributed by atoms with E-state index in [1.807, 2.05) is 55.5 Å². The van der Waals surface area contributed by atoms with Gasteiger partial charge in [-0.15, -0.1) is 0 Å². The standard InChI is InChI=1S/C25H28O3/c1-3-19-7-13-22(14-8-19)25(26)28-24-17-11-21(12-18-24)6-5-20-9-15-23(16-10-20)27-4-2/h9-12,15-19,22H,3-4,7-8,13-14H2,1-2H3. The maximum absolute atomic E-state index is 12.4. The molecule has 0 N–H and O–H groups in total. The van der Waals surface area contributed by atoms with Crippen LogP contribution in [-0.2, 0) is 4.79 Å². The number of carbonyl (C=O) groups is 1. The van der Waals surface area contributed by atoms with Crippen LogP contribution in [-0.4, -0.2) is 12.6 Å². The summed E-state index contributed by atoms with van der Waals surface area (Å²) >= 11 is 0. The molecule has 0 spiro atoms. The van der Waals surface area contributed by atoms with Crippen molar-refractivity contribution in [1.29, 1.82) is 0 Å². The summed E-state index contributed by atoms with van der Waals surface area (Å²) in [7, 11) is 0. The van der Waals surface area contributed by atoms with E-state index in [0.717, 1.165) is 48.5 Å². The van der Waals surface area contributed by atoms with Crippen molar-refractivity contribution in [3.8, 4) is 23.3 Å². The average molecular weight is 376 g/mol. The quantitative estimate of drug-likeness (QED) is 0.387. The van der Waals surface area contributed by atoms with Gasteiger partial charge in [-0.3, -0.25) is 4.79 Å². The number of hydrogen-bond acceptors (Lipinski definition) is 3. The molecule has 0 unspecified atom stereocenters. The number of hydrogen-bond donors (Lipinski definition) is 0. The van der Waals surface area contributed by atoms with Gasteiger partial charge in [0, 0.05) is 11.1 Å². The summed E-state index contributed by atoms with van der Waals surface area (Å²) in [4.78, 5) is 12.4. The van der Waals surface area contributed by atoms with Gasteiger partial charge in [0.15, 0.2) is 0 Å². The normalized spacial score (nSPS) is 18.6. The predicted octanol–water partition coefficient (Wildman–Crippen LogP) is 5.61. The van der Waals surface area contributed by atoms with Crippen LogP contribution in [0.15, 0.2) is 48.5 Å². The molecule has 0 heterocycles. The molecule has 0 aromatic heterocycles. The lowest BCUT2D eigenvalue weighted by molar-refractivity contribution is -0.140. The first-order valence-electron chi connectivity index (χ1n) is 10.2. The lowest BCUT2D eigenvalue weighted by Gasteiger charge is -2.26. The number of carbonyl (C=O) groups excluding carboxylic acids is 1. The molecular weight excluding hydrogens is 348 g/mol. The van der Waals surface area contributed by atoms with Gasteiger partial charge in [-0.1, -0.05) is 25.2 Å². The van der Waals surface area contributed by atoms with Crippen LogP contribution < -0.4 is 9.47 Å². The molecule has 0 bridgehead atoms. The Kier molecular flexibility index (Phi) is 7.14. The zero-order valence-corrected chi connectivity index (χ0v) is 16.7. The van der Waals surface area contributed by atoms with Crippen LogP contribution in [0, 0.1) is 23.7 Å². The van der Waals surface area contributed by atoms with Crippen molar-refractivity contribution >= 4 is 5.97 Å². The maximum atomic E-state index is 12.4. The average Bonchev–Trinajstić information content (AvgIpc) is 2.74. The summed E-state index contributed by atoms with van der Waals surface area (Å²) < 4.78 is 11.0. The summed E-state index contributed by atoms with van der Waals surface area (Å²) in [5, 5.41) is 0. The first-order chi connectivity index (χ1) is 13.7. The van der Waals surface area contributed by atoms with E-state index in [1.165, 1.54) is 6.42 Å². The molecule has 1 saturated carbocycles. The Morgan fingerprint density at radius 1 is 0.857 bits per heavy atom. The van der Waals surface area contributed by atoms with E-state index < -0.39 is 0 Å². The summed E-state index contributed by atoms with van der Waals surface area (Å²) in [6.45, 7) is 4.84. The second kappa shape index (κ2) is 9.99. The Labute approximate surface area is 168 Å². The van der Waals surface area contributed by atoms with Gasteiger partial charge in [0.1, 0.15) is 11.5 Å². The topological polar surface area (TPSA) is 35.5 Å². The molecule has 2 aromatic carbocycles. The molecule has 146 valence electrons. The summed E-state index contributed by atoms with van der Waals surface area (Å²) in [6, 6.07) is 15.1. The molecule has 1 aliphatic carbocycles. The zero-order valence-electron chi connectivity index (χ0n) is 16.7. The fraction of sp³-hybridized carbons (Fsp3) is 0.400. The van der Waals surface area contributed by atoms with Crippen molar-refractivity contribution in [2.24, 2.45) is 11.8 Å². The van der Waals surface area contributed by atoms with Crippen LogP contribution in [0.4, 0.5) is 0 Å². The highest BCUT2D eigenvalue weighted by Crippen LogP contribution is 2.31. The molecule has 2 aromatic rings. The lowest BCUT2D eigenvalue weighted by Crippen LogP contribution is -2.25. The zero-order chi connectivity index (χ0) is 19.8. The molecule has 28 heavy (non-hydrogen) atoms. The third kappa shape index (κ3) is 5.63. The summed E-state index contributed by atoms with van der Waals surface area (Å²) in [5.41, 5.74) is 1.82. The first-order valence-corrected chi connectivity index (χ1v) is 10.2. The number of benzene rings is 2. The van der Waals surface area contributed by atoms with Crippen LogP contribution in [0.1, 0.15) is 57.1 Å². The molecule has 0 amide bonds. The number of esters is 1. The molecule has 3 nitrogen and oxygen atoms in total. The largest absolute Gasteiger partial charge is 0.494 e. The Morgan fingerprint density at radius 2 is 1.39 bits per heavy atom. The van der Waals surface area contributed by atoms with Crippen LogP contribution in [0.3, 0.4) is 0 Å². The smallest absolute Gasteiger partial charge is 0.314 e. The van der Waals surface area contributed by atoms with Gasteiger partial charge in [-0.05, 0) is 87.1 Å². The molecule has 0 aliphatic heterocycles. The van der Waals surface area contributed by atoms with Gasteiger partial charge >= 0.3 is 5.97 Å². The van der Waals surface area contributed by atoms with Crippen molar-refractivity contribution in [2.45, 2.75) is 46.0 Å². The van der Waals surface area contributed by atoms with Crippen molar-refractivity contribution < 1.29 is 14.3 Å². The van der Waals surface area contributed by atoms with E-state index >= 15 is 0 Å². The Morgan fingerprint density at radius 3 is 1.89 bits per heavy atom. The van der Waals surface area contributed by atoms with Gasteiger partial charge in [0.25, 0.3) is 0 Å². The van der Waals surface area contributed by atoms with E-state index in [4.69, 9.17) is 9.47 Å². The van der Waals surface area contributed by atoms with E-state index in [1.54, 1.807) is 0 Å².